The van der Waals surface area contributed by atoms with Gasteiger partial charge in [-0.3, -0.25) is 9.59 Å². The van der Waals surface area contributed by atoms with Crippen LogP contribution in [-0.4, -0.2) is 55.1 Å². The normalized spacial score (nSPS) is 12.7. The molecule has 0 fully saturated rings. The van der Waals surface area contributed by atoms with Gasteiger partial charge in [-0.25, -0.2) is 8.42 Å². The monoisotopic (exact) mass is 515 g/mol. The van der Waals surface area contributed by atoms with Crippen molar-refractivity contribution in [3.63, 3.8) is 0 Å². The Morgan fingerprint density at radius 3 is 2.29 bits per heavy atom. The molecule has 9 heteroatoms. The largest absolute Gasteiger partial charge is 0.352 e. The van der Waals surface area contributed by atoms with Crippen molar-refractivity contribution in [3.8, 4) is 0 Å². The molecule has 3 rings (SSSR count). The summed E-state index contributed by atoms with van der Waals surface area (Å²) in [7, 11) is -2.58. The Morgan fingerprint density at radius 1 is 0.943 bits per heavy atom. The van der Waals surface area contributed by atoms with Gasteiger partial charge in [0.1, 0.15) is 6.04 Å². The SMILES string of the molecule is CC(C)NC(=O)C(C)N(Cc1cccc(Cl)c1)C(=O)CN(C)S(=O)(=O)c1ccc2ccccc2c1. The summed E-state index contributed by atoms with van der Waals surface area (Å²) in [6, 6.07) is 18.4. The summed E-state index contributed by atoms with van der Waals surface area (Å²) in [5, 5.41) is 5.02. The summed E-state index contributed by atoms with van der Waals surface area (Å²) < 4.78 is 27.5. The molecule has 0 aliphatic heterocycles. The Balaban J connectivity index is 1.85. The fourth-order valence-electron chi connectivity index (χ4n) is 3.69. The molecular formula is C26H30ClN3O4S. The topological polar surface area (TPSA) is 86.8 Å². The third-order valence-corrected chi connectivity index (χ3v) is 7.66. The highest BCUT2D eigenvalue weighted by molar-refractivity contribution is 7.89. The van der Waals surface area contributed by atoms with E-state index in [1.807, 2.05) is 38.1 Å². The highest BCUT2D eigenvalue weighted by Crippen LogP contribution is 2.22. The van der Waals surface area contributed by atoms with E-state index in [1.54, 1.807) is 43.3 Å². The van der Waals surface area contributed by atoms with Gasteiger partial charge in [-0.05, 0) is 61.4 Å². The Kier molecular flexibility index (Phi) is 8.53. The standard InChI is InChI=1S/C26H30ClN3O4S/c1-18(2)28-26(32)19(3)30(16-20-8-7-11-23(27)14-20)25(31)17-29(4)35(33,34)24-13-12-21-9-5-6-10-22(21)15-24/h5-15,18-19H,16-17H2,1-4H3,(H,28,32). The summed E-state index contributed by atoms with van der Waals surface area (Å²) in [6.45, 7) is 4.97. The molecule has 0 bridgehead atoms. The first kappa shape index (κ1) is 26.7. The molecule has 0 aromatic heterocycles. The van der Waals surface area contributed by atoms with Crippen molar-refractivity contribution in [2.24, 2.45) is 0 Å². The smallest absolute Gasteiger partial charge is 0.243 e. The number of sulfonamides is 1. The molecule has 1 atom stereocenters. The number of nitrogens with zero attached hydrogens (tertiary/aromatic N) is 2. The quantitative estimate of drug-likeness (QED) is 0.465. The van der Waals surface area contributed by atoms with Gasteiger partial charge in [-0.1, -0.05) is 54.1 Å². The van der Waals surface area contributed by atoms with Crippen LogP contribution in [0.1, 0.15) is 26.3 Å². The van der Waals surface area contributed by atoms with Gasteiger partial charge in [0.05, 0.1) is 11.4 Å². The molecule has 3 aromatic carbocycles. The average Bonchev–Trinajstić information content (AvgIpc) is 2.81. The number of amides is 2. The zero-order valence-electron chi connectivity index (χ0n) is 20.2. The van der Waals surface area contributed by atoms with Gasteiger partial charge in [0.25, 0.3) is 0 Å². The molecule has 2 amide bonds. The van der Waals surface area contributed by atoms with Crippen LogP contribution in [0.15, 0.2) is 71.6 Å². The van der Waals surface area contributed by atoms with Gasteiger partial charge < -0.3 is 10.2 Å². The predicted octanol–water partition coefficient (Wildman–Crippen LogP) is 4.06. The number of rotatable bonds is 9. The second kappa shape index (κ2) is 11.2. The maximum absolute atomic E-state index is 13.4. The number of hydrogen-bond donors (Lipinski definition) is 1. The molecule has 0 aliphatic carbocycles. The van der Waals surface area contributed by atoms with Crippen LogP contribution in [0.3, 0.4) is 0 Å². The third kappa shape index (κ3) is 6.60. The van der Waals surface area contributed by atoms with Crippen LogP contribution in [0, 0.1) is 0 Å². The van der Waals surface area contributed by atoms with Crippen molar-refractivity contribution in [3.05, 3.63) is 77.3 Å². The van der Waals surface area contributed by atoms with Crippen molar-refractivity contribution in [1.82, 2.24) is 14.5 Å². The highest BCUT2D eigenvalue weighted by atomic mass is 35.5. The zero-order chi connectivity index (χ0) is 25.8. The van der Waals surface area contributed by atoms with Crippen molar-refractivity contribution in [1.29, 1.82) is 0 Å². The van der Waals surface area contributed by atoms with E-state index in [9.17, 15) is 18.0 Å². The minimum absolute atomic E-state index is 0.0958. The summed E-state index contributed by atoms with van der Waals surface area (Å²) >= 11 is 6.10. The van der Waals surface area contributed by atoms with Crippen molar-refractivity contribution in [2.45, 2.75) is 44.3 Å². The summed E-state index contributed by atoms with van der Waals surface area (Å²) in [5.74, 6) is -0.821. The maximum atomic E-state index is 13.4. The van der Waals surface area contributed by atoms with Gasteiger partial charge in [0.15, 0.2) is 0 Å². The van der Waals surface area contributed by atoms with Gasteiger partial charge >= 0.3 is 0 Å². The molecule has 0 aliphatic rings. The van der Waals surface area contributed by atoms with Crippen LogP contribution < -0.4 is 5.32 Å². The Bertz CT molecular complexity index is 1330. The summed E-state index contributed by atoms with van der Waals surface area (Å²) in [5.41, 5.74) is 0.732. The van der Waals surface area contributed by atoms with Crippen LogP contribution in [0.4, 0.5) is 0 Å². The van der Waals surface area contributed by atoms with Crippen molar-refractivity contribution < 1.29 is 18.0 Å². The number of benzene rings is 3. The van der Waals surface area contributed by atoms with E-state index in [2.05, 4.69) is 5.32 Å². The van der Waals surface area contributed by atoms with Gasteiger partial charge in [0.2, 0.25) is 21.8 Å². The molecule has 0 radical (unpaired) electrons. The minimum atomic E-state index is -3.94. The van der Waals surface area contributed by atoms with Gasteiger partial charge in [-0.15, -0.1) is 0 Å². The van der Waals surface area contributed by atoms with Crippen LogP contribution >= 0.6 is 11.6 Å². The lowest BCUT2D eigenvalue weighted by atomic mass is 10.1. The number of carbonyl (C=O) groups is 2. The molecular weight excluding hydrogens is 486 g/mol. The fourth-order valence-corrected chi connectivity index (χ4v) is 5.06. The number of fused-ring (bicyclic) bond motifs is 1. The summed E-state index contributed by atoms with van der Waals surface area (Å²) in [6.07, 6.45) is 0. The van der Waals surface area contributed by atoms with E-state index in [-0.39, 0.29) is 23.4 Å². The van der Waals surface area contributed by atoms with Crippen molar-refractivity contribution in [2.75, 3.05) is 13.6 Å². The molecule has 186 valence electrons. The highest BCUT2D eigenvalue weighted by Gasteiger charge is 2.30. The lowest BCUT2D eigenvalue weighted by Gasteiger charge is -2.30. The third-order valence-electron chi connectivity index (χ3n) is 5.63. The fraction of sp³-hybridized carbons (Fsp3) is 0.308. The second-order valence-corrected chi connectivity index (χ2v) is 11.2. The molecule has 3 aromatic rings. The Labute approximate surface area is 211 Å². The van der Waals surface area contributed by atoms with Crippen LogP contribution in [0.2, 0.25) is 5.02 Å². The van der Waals surface area contributed by atoms with E-state index >= 15 is 0 Å². The van der Waals surface area contributed by atoms with Crippen molar-refractivity contribution >= 4 is 44.2 Å². The molecule has 0 spiro atoms. The van der Waals surface area contributed by atoms with Crippen LogP contribution in [0.25, 0.3) is 10.8 Å². The van der Waals surface area contributed by atoms with Crippen LogP contribution in [0.5, 0.6) is 0 Å². The lowest BCUT2D eigenvalue weighted by Crippen LogP contribution is -2.51. The zero-order valence-corrected chi connectivity index (χ0v) is 21.8. The van der Waals surface area contributed by atoms with E-state index in [0.717, 1.165) is 20.6 Å². The first-order valence-corrected chi connectivity index (χ1v) is 13.1. The number of hydrogen-bond acceptors (Lipinski definition) is 4. The van der Waals surface area contributed by atoms with E-state index < -0.39 is 28.5 Å². The molecule has 0 saturated carbocycles. The molecule has 0 heterocycles. The Hall–Kier alpha value is -2.94. The molecule has 7 nitrogen and oxygen atoms in total. The average molecular weight is 516 g/mol. The first-order chi connectivity index (χ1) is 16.5. The van der Waals surface area contributed by atoms with Gasteiger partial charge in [-0.2, -0.15) is 4.31 Å². The first-order valence-electron chi connectivity index (χ1n) is 11.3. The lowest BCUT2D eigenvalue weighted by molar-refractivity contribution is -0.140. The number of carbonyl (C=O) groups excluding carboxylic acids is 2. The number of halogens is 1. The van der Waals surface area contributed by atoms with Crippen LogP contribution in [-0.2, 0) is 26.2 Å². The predicted molar refractivity (Wildman–Crippen MR) is 139 cm³/mol. The second-order valence-electron chi connectivity index (χ2n) is 8.76. The molecule has 0 saturated heterocycles. The minimum Gasteiger partial charge on any atom is -0.352 e. The number of nitrogens with one attached hydrogen (secondary N) is 1. The maximum Gasteiger partial charge on any atom is 0.243 e. The van der Waals surface area contributed by atoms with Gasteiger partial charge in [0, 0.05) is 24.7 Å². The summed E-state index contributed by atoms with van der Waals surface area (Å²) in [4.78, 5) is 27.6. The molecule has 35 heavy (non-hydrogen) atoms. The Morgan fingerprint density at radius 2 is 1.63 bits per heavy atom. The number of likely N-dealkylation sites (N-methyl/N-ethyl adjacent to an activating group) is 1. The van der Waals surface area contributed by atoms with E-state index in [0.29, 0.717) is 5.02 Å². The van der Waals surface area contributed by atoms with E-state index in [4.69, 9.17) is 11.6 Å². The molecule has 1 N–H and O–H groups in total. The molecule has 1 unspecified atom stereocenters. The van der Waals surface area contributed by atoms with E-state index in [1.165, 1.54) is 18.0 Å².